The van der Waals surface area contributed by atoms with Crippen LogP contribution >= 0.6 is 12.2 Å². The molecule has 0 radical (unpaired) electrons. The van der Waals surface area contributed by atoms with Crippen molar-refractivity contribution in [1.82, 2.24) is 9.55 Å². The number of benzene rings is 1. The van der Waals surface area contributed by atoms with E-state index in [1.54, 1.807) is 0 Å². The van der Waals surface area contributed by atoms with Crippen molar-refractivity contribution >= 4 is 23.3 Å². The molecule has 1 aliphatic carbocycles. The maximum atomic E-state index is 5.72. The Hall–Kier alpha value is -1.29. The summed E-state index contributed by atoms with van der Waals surface area (Å²) in [6, 6.07) is 6.20. The van der Waals surface area contributed by atoms with Gasteiger partial charge in [-0.1, -0.05) is 25.8 Å². The number of aromatic nitrogens is 2. The summed E-state index contributed by atoms with van der Waals surface area (Å²) in [5, 5.41) is 0. The molecule has 21 heavy (non-hydrogen) atoms. The second-order valence-corrected chi connectivity index (χ2v) is 6.55. The van der Waals surface area contributed by atoms with E-state index in [2.05, 4.69) is 28.6 Å². The monoisotopic (exact) mass is 304 g/mol. The van der Waals surface area contributed by atoms with Crippen LogP contribution in [0.4, 0.5) is 0 Å². The van der Waals surface area contributed by atoms with E-state index >= 15 is 0 Å². The molecular formula is C17H24N2OS. The Morgan fingerprint density at radius 1 is 1.29 bits per heavy atom. The quantitative estimate of drug-likeness (QED) is 0.782. The Morgan fingerprint density at radius 2 is 2.05 bits per heavy atom. The van der Waals surface area contributed by atoms with Crippen LogP contribution in [0, 0.1) is 10.2 Å². The Balaban J connectivity index is 2.04. The molecule has 0 unspecified atom stereocenters. The van der Waals surface area contributed by atoms with E-state index < -0.39 is 0 Å². The predicted molar refractivity (Wildman–Crippen MR) is 89.5 cm³/mol. The Kier molecular flexibility index (Phi) is 4.07. The Bertz CT molecular complexity index is 680. The van der Waals surface area contributed by atoms with E-state index in [0.717, 1.165) is 22.6 Å². The van der Waals surface area contributed by atoms with Crippen LogP contribution < -0.4 is 4.74 Å². The van der Waals surface area contributed by atoms with E-state index in [4.69, 9.17) is 17.0 Å². The van der Waals surface area contributed by atoms with Crippen molar-refractivity contribution in [2.75, 3.05) is 6.61 Å². The maximum Gasteiger partial charge on any atom is 0.178 e. The highest BCUT2D eigenvalue weighted by molar-refractivity contribution is 7.71. The lowest BCUT2D eigenvalue weighted by atomic mass is 9.83. The van der Waals surface area contributed by atoms with Crippen LogP contribution in [-0.4, -0.2) is 16.2 Å². The van der Waals surface area contributed by atoms with Gasteiger partial charge in [-0.3, -0.25) is 0 Å². The van der Waals surface area contributed by atoms with E-state index in [9.17, 15) is 0 Å². The van der Waals surface area contributed by atoms with Crippen molar-refractivity contribution in [3.8, 4) is 5.75 Å². The number of H-pyrrole nitrogens is 1. The third-order valence-electron chi connectivity index (χ3n) is 4.98. The van der Waals surface area contributed by atoms with Gasteiger partial charge in [0.15, 0.2) is 4.77 Å². The smallest absolute Gasteiger partial charge is 0.178 e. The topological polar surface area (TPSA) is 29.9 Å². The van der Waals surface area contributed by atoms with Crippen LogP contribution in [0.2, 0.25) is 0 Å². The van der Waals surface area contributed by atoms with Gasteiger partial charge in [0.05, 0.1) is 12.1 Å². The molecule has 0 spiro atoms. The lowest BCUT2D eigenvalue weighted by Gasteiger charge is -2.28. The summed E-state index contributed by atoms with van der Waals surface area (Å²) >= 11 is 5.58. The molecule has 0 bridgehead atoms. The van der Waals surface area contributed by atoms with Gasteiger partial charge in [0.25, 0.3) is 0 Å². The lowest BCUT2D eigenvalue weighted by molar-refractivity contribution is 0.239. The zero-order valence-electron chi connectivity index (χ0n) is 12.9. The van der Waals surface area contributed by atoms with Crippen molar-refractivity contribution in [2.45, 2.75) is 52.5 Å². The number of fused-ring (bicyclic) bond motifs is 1. The molecule has 114 valence electrons. The van der Waals surface area contributed by atoms with Crippen molar-refractivity contribution in [3.05, 3.63) is 23.0 Å². The van der Waals surface area contributed by atoms with Crippen LogP contribution in [-0.2, 0) is 6.54 Å². The van der Waals surface area contributed by atoms with Gasteiger partial charge in [0, 0.05) is 6.54 Å². The average Bonchev–Trinajstić information content (AvgIpc) is 3.07. The van der Waals surface area contributed by atoms with Crippen molar-refractivity contribution in [1.29, 1.82) is 0 Å². The minimum Gasteiger partial charge on any atom is -0.492 e. The zero-order valence-corrected chi connectivity index (χ0v) is 13.8. The number of hydrogen-bond donors (Lipinski definition) is 1. The van der Waals surface area contributed by atoms with Crippen LogP contribution in [0.15, 0.2) is 18.2 Å². The molecule has 3 nitrogen and oxygen atoms in total. The first kappa shape index (κ1) is 14.6. The zero-order chi connectivity index (χ0) is 14.9. The molecule has 1 N–H and O–H groups in total. The van der Waals surface area contributed by atoms with E-state index in [0.29, 0.717) is 12.0 Å². The molecule has 0 saturated heterocycles. The normalized spacial score (nSPS) is 17.4. The van der Waals surface area contributed by atoms with Crippen molar-refractivity contribution < 1.29 is 4.74 Å². The van der Waals surface area contributed by atoms with Gasteiger partial charge >= 0.3 is 0 Å². The van der Waals surface area contributed by atoms with Crippen LogP contribution in [0.3, 0.4) is 0 Å². The standard InChI is InChI=1S/C17H24N2OS/c1-3-17(10-5-6-11-17)12-19-13-8-7-9-14(20-4-2)15(13)18-16(19)21/h7-9H,3-6,10-12H2,1-2H3,(H,18,21). The van der Waals surface area contributed by atoms with Gasteiger partial charge in [0.2, 0.25) is 0 Å². The second kappa shape index (κ2) is 5.84. The van der Waals surface area contributed by atoms with Gasteiger partial charge in [0.1, 0.15) is 11.3 Å². The number of rotatable bonds is 5. The van der Waals surface area contributed by atoms with Crippen LogP contribution in [0.5, 0.6) is 5.75 Å². The number of nitrogens with one attached hydrogen (secondary N) is 1. The van der Waals surface area contributed by atoms with Gasteiger partial charge in [-0.25, -0.2) is 0 Å². The Labute approximate surface area is 131 Å². The number of ether oxygens (including phenoxy) is 1. The fourth-order valence-electron chi connectivity index (χ4n) is 3.67. The molecule has 1 fully saturated rings. The SMILES string of the molecule is CCOc1cccc2c1[nH]c(=S)n2CC1(CC)CCCC1. The van der Waals surface area contributed by atoms with Gasteiger partial charge in [-0.2, -0.15) is 0 Å². The maximum absolute atomic E-state index is 5.72. The summed E-state index contributed by atoms with van der Waals surface area (Å²) in [5.74, 6) is 0.900. The molecule has 4 heteroatoms. The number of aromatic amines is 1. The summed E-state index contributed by atoms with van der Waals surface area (Å²) in [4.78, 5) is 3.35. The van der Waals surface area contributed by atoms with E-state index in [-0.39, 0.29) is 0 Å². The highest BCUT2D eigenvalue weighted by atomic mass is 32.1. The van der Waals surface area contributed by atoms with E-state index in [1.165, 1.54) is 37.6 Å². The first-order valence-corrected chi connectivity index (χ1v) is 8.44. The summed E-state index contributed by atoms with van der Waals surface area (Å²) in [6.45, 7) is 6.02. The molecule has 0 amide bonds. The molecule has 0 aliphatic heterocycles. The number of para-hydroxylation sites is 1. The van der Waals surface area contributed by atoms with Crippen LogP contribution in [0.1, 0.15) is 46.0 Å². The Morgan fingerprint density at radius 3 is 2.71 bits per heavy atom. The first-order chi connectivity index (χ1) is 10.2. The summed E-state index contributed by atoms with van der Waals surface area (Å²) < 4.78 is 8.81. The molecular weight excluding hydrogens is 280 g/mol. The molecule has 2 aromatic rings. The summed E-state index contributed by atoms with van der Waals surface area (Å²) in [6.07, 6.45) is 6.58. The average molecular weight is 304 g/mol. The number of hydrogen-bond acceptors (Lipinski definition) is 2. The summed E-state index contributed by atoms with van der Waals surface area (Å²) in [5.41, 5.74) is 2.63. The van der Waals surface area contributed by atoms with Gasteiger partial charge in [-0.05, 0) is 56.0 Å². The van der Waals surface area contributed by atoms with Gasteiger partial charge < -0.3 is 14.3 Å². The third kappa shape index (κ3) is 2.61. The molecule has 1 aliphatic rings. The molecule has 0 atom stereocenters. The van der Waals surface area contributed by atoms with Crippen LogP contribution in [0.25, 0.3) is 11.0 Å². The molecule has 1 aromatic carbocycles. The molecule has 3 rings (SSSR count). The highest BCUT2D eigenvalue weighted by Gasteiger charge is 2.33. The fraction of sp³-hybridized carbons (Fsp3) is 0.588. The minimum absolute atomic E-state index is 0.426. The first-order valence-electron chi connectivity index (χ1n) is 8.03. The lowest BCUT2D eigenvalue weighted by Crippen LogP contribution is -2.22. The summed E-state index contributed by atoms with van der Waals surface area (Å²) in [7, 11) is 0. The third-order valence-corrected chi connectivity index (χ3v) is 5.30. The molecule has 1 saturated carbocycles. The van der Waals surface area contributed by atoms with Crippen molar-refractivity contribution in [3.63, 3.8) is 0 Å². The second-order valence-electron chi connectivity index (χ2n) is 6.16. The largest absolute Gasteiger partial charge is 0.492 e. The minimum atomic E-state index is 0.426. The fourth-order valence-corrected chi connectivity index (χ4v) is 3.94. The number of nitrogens with zero attached hydrogens (tertiary/aromatic N) is 1. The molecule has 1 aromatic heterocycles. The molecule has 1 heterocycles. The number of imidazole rings is 1. The van der Waals surface area contributed by atoms with Gasteiger partial charge in [-0.15, -0.1) is 0 Å². The highest BCUT2D eigenvalue weighted by Crippen LogP contribution is 2.43. The van der Waals surface area contributed by atoms with Crippen molar-refractivity contribution in [2.24, 2.45) is 5.41 Å². The van der Waals surface area contributed by atoms with E-state index in [1.807, 2.05) is 13.0 Å². The predicted octanol–water partition coefficient (Wildman–Crippen LogP) is 5.07.